The zero-order chi connectivity index (χ0) is 21.3. The van der Waals surface area contributed by atoms with E-state index >= 15 is 0 Å². The van der Waals surface area contributed by atoms with Gasteiger partial charge in [-0.3, -0.25) is 4.79 Å². The Bertz CT molecular complexity index is 1010. The van der Waals surface area contributed by atoms with Gasteiger partial charge in [0.05, 0.1) is 18.2 Å². The lowest BCUT2D eigenvalue weighted by atomic mass is 10.1. The Labute approximate surface area is 179 Å². The zero-order valence-electron chi connectivity index (χ0n) is 16.7. The molecule has 0 fully saturated rings. The number of carbonyl (C=O) groups excluding carboxylic acids is 1. The van der Waals surface area contributed by atoms with Crippen LogP contribution in [0.1, 0.15) is 24.7 Å². The largest absolute Gasteiger partial charge is 0.311 e. The third-order valence-electron chi connectivity index (χ3n) is 4.53. The van der Waals surface area contributed by atoms with Crippen molar-refractivity contribution in [1.82, 2.24) is 14.8 Å². The van der Waals surface area contributed by atoms with Crippen molar-refractivity contribution in [2.24, 2.45) is 0 Å². The first-order valence-electron chi connectivity index (χ1n) is 9.64. The summed E-state index contributed by atoms with van der Waals surface area (Å²) in [4.78, 5) is 14.4. The van der Waals surface area contributed by atoms with Gasteiger partial charge in [0.1, 0.15) is 11.6 Å². The minimum Gasteiger partial charge on any atom is -0.311 e. The van der Waals surface area contributed by atoms with Gasteiger partial charge in [0.2, 0.25) is 5.91 Å². The Morgan fingerprint density at radius 1 is 1.17 bits per heavy atom. The number of hydrogen-bond donors (Lipinski definition) is 0. The van der Waals surface area contributed by atoms with Gasteiger partial charge >= 0.3 is 0 Å². The Morgan fingerprint density at radius 2 is 1.90 bits per heavy atom. The molecule has 0 bridgehead atoms. The lowest BCUT2D eigenvalue weighted by molar-refractivity contribution is -0.116. The molecule has 0 spiro atoms. The molecule has 3 aromatic rings. The quantitative estimate of drug-likeness (QED) is 0.485. The van der Waals surface area contributed by atoms with Crippen molar-refractivity contribution < 1.29 is 9.18 Å². The van der Waals surface area contributed by atoms with Crippen LogP contribution in [0.5, 0.6) is 0 Å². The molecule has 154 valence electrons. The maximum Gasteiger partial charge on any atom is 0.237 e. The molecule has 0 aliphatic rings. The second-order valence-corrected chi connectivity index (χ2v) is 7.47. The van der Waals surface area contributed by atoms with Crippen molar-refractivity contribution in [3.8, 4) is 6.07 Å². The molecule has 8 heteroatoms. The van der Waals surface area contributed by atoms with E-state index in [0.29, 0.717) is 23.8 Å². The molecule has 30 heavy (non-hydrogen) atoms. The topological polar surface area (TPSA) is 74.8 Å². The molecular weight excluding hydrogens is 401 g/mol. The summed E-state index contributed by atoms with van der Waals surface area (Å²) >= 11 is 1.31. The van der Waals surface area contributed by atoms with Gasteiger partial charge in [0.15, 0.2) is 5.16 Å². The first kappa shape index (κ1) is 21.5. The van der Waals surface area contributed by atoms with Gasteiger partial charge in [-0.25, -0.2) is 4.39 Å². The van der Waals surface area contributed by atoms with Crippen LogP contribution < -0.4 is 4.90 Å². The molecule has 2 aromatic carbocycles. The summed E-state index contributed by atoms with van der Waals surface area (Å²) in [5, 5.41) is 18.2. The van der Waals surface area contributed by atoms with Crippen LogP contribution in [-0.2, 0) is 17.8 Å². The lowest BCUT2D eigenvalue weighted by Gasteiger charge is -2.21. The number of halogens is 1. The van der Waals surface area contributed by atoms with Crippen LogP contribution in [0.4, 0.5) is 10.1 Å². The smallest absolute Gasteiger partial charge is 0.237 e. The van der Waals surface area contributed by atoms with E-state index in [4.69, 9.17) is 5.26 Å². The van der Waals surface area contributed by atoms with Crippen molar-refractivity contribution in [1.29, 1.82) is 5.26 Å². The minimum atomic E-state index is -0.372. The standard InChI is InChI=1S/C22H22FN5OS/c1-2-27-20(15-17-7-4-3-5-8-17)25-26-22(27)30-16-21(29)28(14-6-13-24)19-11-9-18(23)10-12-19/h3-5,7-12H,2,6,14-16H2,1H3. The molecule has 0 aliphatic heterocycles. The number of amides is 1. The number of nitrogens with zero attached hydrogens (tertiary/aromatic N) is 5. The van der Waals surface area contributed by atoms with Gasteiger partial charge in [0, 0.05) is 25.2 Å². The molecule has 0 N–H and O–H groups in total. The number of rotatable bonds is 9. The van der Waals surface area contributed by atoms with Crippen LogP contribution in [0.2, 0.25) is 0 Å². The number of hydrogen-bond acceptors (Lipinski definition) is 5. The fraction of sp³-hybridized carbons (Fsp3) is 0.273. The highest BCUT2D eigenvalue weighted by Gasteiger charge is 2.19. The van der Waals surface area contributed by atoms with E-state index in [0.717, 1.165) is 11.4 Å². The summed E-state index contributed by atoms with van der Waals surface area (Å²) in [6.45, 7) is 2.96. The van der Waals surface area contributed by atoms with Gasteiger partial charge in [0.25, 0.3) is 0 Å². The van der Waals surface area contributed by atoms with E-state index in [9.17, 15) is 9.18 Å². The van der Waals surface area contributed by atoms with E-state index in [1.54, 1.807) is 12.1 Å². The fourth-order valence-corrected chi connectivity index (χ4v) is 3.93. The van der Waals surface area contributed by atoms with Gasteiger partial charge in [-0.1, -0.05) is 42.1 Å². The van der Waals surface area contributed by atoms with Gasteiger partial charge in [-0.2, -0.15) is 5.26 Å². The average molecular weight is 424 g/mol. The summed E-state index contributed by atoms with van der Waals surface area (Å²) in [7, 11) is 0. The van der Waals surface area contributed by atoms with Crippen LogP contribution >= 0.6 is 11.8 Å². The van der Waals surface area contributed by atoms with Crippen molar-refractivity contribution in [2.45, 2.75) is 31.5 Å². The van der Waals surface area contributed by atoms with Crippen molar-refractivity contribution >= 4 is 23.4 Å². The Morgan fingerprint density at radius 3 is 2.57 bits per heavy atom. The Kier molecular flexibility index (Phi) is 7.57. The molecule has 0 atom stereocenters. The second kappa shape index (κ2) is 10.6. The molecule has 0 aliphatic carbocycles. The van der Waals surface area contributed by atoms with Gasteiger partial charge in [-0.15, -0.1) is 10.2 Å². The monoisotopic (exact) mass is 423 g/mol. The van der Waals surface area contributed by atoms with Crippen LogP contribution in [0, 0.1) is 17.1 Å². The maximum absolute atomic E-state index is 13.2. The number of anilines is 1. The maximum atomic E-state index is 13.2. The third kappa shape index (κ3) is 5.45. The van der Waals surface area contributed by atoms with Crippen molar-refractivity contribution in [3.05, 3.63) is 71.8 Å². The minimum absolute atomic E-state index is 0.145. The normalized spacial score (nSPS) is 10.6. The molecule has 1 aromatic heterocycles. The number of aromatic nitrogens is 3. The van der Waals surface area contributed by atoms with Crippen molar-refractivity contribution in [3.63, 3.8) is 0 Å². The third-order valence-corrected chi connectivity index (χ3v) is 5.48. The van der Waals surface area contributed by atoms with Crippen LogP contribution in [0.15, 0.2) is 59.8 Å². The van der Waals surface area contributed by atoms with Crippen molar-refractivity contribution in [2.75, 3.05) is 17.2 Å². The molecule has 6 nitrogen and oxygen atoms in total. The van der Waals surface area contributed by atoms with E-state index < -0.39 is 0 Å². The molecule has 1 amide bonds. The first-order chi connectivity index (χ1) is 14.6. The zero-order valence-corrected chi connectivity index (χ0v) is 17.5. The van der Waals surface area contributed by atoms with Gasteiger partial charge < -0.3 is 9.47 Å². The lowest BCUT2D eigenvalue weighted by Crippen LogP contribution is -2.33. The number of nitriles is 1. The van der Waals surface area contributed by atoms with Crippen LogP contribution in [-0.4, -0.2) is 33.0 Å². The SMILES string of the molecule is CCn1c(Cc2ccccc2)nnc1SCC(=O)N(CCC#N)c1ccc(F)cc1. The summed E-state index contributed by atoms with van der Waals surface area (Å²) in [5.74, 6) is 0.449. The Hall–Kier alpha value is -3.18. The highest BCUT2D eigenvalue weighted by molar-refractivity contribution is 7.99. The highest BCUT2D eigenvalue weighted by Crippen LogP contribution is 2.22. The number of benzene rings is 2. The second-order valence-electron chi connectivity index (χ2n) is 6.52. The summed E-state index contributed by atoms with van der Waals surface area (Å²) in [5.41, 5.74) is 1.71. The summed E-state index contributed by atoms with van der Waals surface area (Å²) < 4.78 is 15.2. The molecule has 1 heterocycles. The molecular formula is C22H22FN5OS. The Balaban J connectivity index is 1.70. The first-order valence-corrected chi connectivity index (χ1v) is 10.6. The average Bonchev–Trinajstić information content (AvgIpc) is 3.15. The molecule has 0 saturated carbocycles. The van der Waals surface area contributed by atoms with E-state index in [-0.39, 0.29) is 30.4 Å². The molecule has 0 unspecified atom stereocenters. The molecule has 3 rings (SSSR count). The highest BCUT2D eigenvalue weighted by atomic mass is 32.2. The van der Waals surface area contributed by atoms with E-state index in [1.807, 2.05) is 41.8 Å². The fourth-order valence-electron chi connectivity index (χ4n) is 3.04. The van der Waals surface area contributed by atoms with Gasteiger partial charge in [-0.05, 0) is 36.8 Å². The van der Waals surface area contributed by atoms with E-state index in [2.05, 4.69) is 16.3 Å². The predicted octanol–water partition coefficient (Wildman–Crippen LogP) is 4.07. The predicted molar refractivity (Wildman–Crippen MR) is 115 cm³/mol. The number of carbonyl (C=O) groups is 1. The molecule has 0 radical (unpaired) electrons. The van der Waals surface area contributed by atoms with Crippen LogP contribution in [0.3, 0.4) is 0 Å². The molecule has 0 saturated heterocycles. The van der Waals surface area contributed by atoms with E-state index in [1.165, 1.54) is 28.8 Å². The van der Waals surface area contributed by atoms with Crippen LogP contribution in [0.25, 0.3) is 0 Å². The number of thioether (sulfide) groups is 1. The summed E-state index contributed by atoms with van der Waals surface area (Å²) in [6, 6.07) is 17.8. The summed E-state index contributed by atoms with van der Waals surface area (Å²) in [6.07, 6.45) is 0.861.